The number of oxazole rings is 1. The van der Waals surface area contributed by atoms with Crippen LogP contribution in [0.4, 0.5) is 6.01 Å². The van der Waals surface area contributed by atoms with Crippen molar-refractivity contribution >= 4 is 50.3 Å². The first-order valence-electron chi connectivity index (χ1n) is 8.01. The molecule has 1 aromatic heterocycles. The third-order valence-electron chi connectivity index (χ3n) is 4.33. The molecule has 0 bridgehead atoms. The molecule has 4 rings (SSSR count). The van der Waals surface area contributed by atoms with Crippen molar-refractivity contribution in [2.24, 2.45) is 0 Å². The fraction of sp³-hybridized carbons (Fsp3) is 0.235. The van der Waals surface area contributed by atoms with Gasteiger partial charge in [0, 0.05) is 26.2 Å². The van der Waals surface area contributed by atoms with Crippen LogP contribution in [0.3, 0.4) is 0 Å². The number of benzene rings is 2. The zero-order valence-corrected chi connectivity index (χ0v) is 15.9. The summed E-state index contributed by atoms with van der Waals surface area (Å²) in [6.45, 7) is 1.57. The Hall–Kier alpha value is -1.80. The summed E-state index contributed by atoms with van der Waals surface area (Å²) >= 11 is 12.1. The number of sulfonamides is 1. The van der Waals surface area contributed by atoms with Crippen molar-refractivity contribution in [3.63, 3.8) is 0 Å². The van der Waals surface area contributed by atoms with Crippen LogP contribution in [0.25, 0.3) is 11.1 Å². The molecule has 1 aliphatic rings. The molecule has 0 unspecified atom stereocenters. The summed E-state index contributed by atoms with van der Waals surface area (Å²) in [5, 5.41) is 0.272. The Balaban J connectivity index is 1.53. The minimum Gasteiger partial charge on any atom is -0.423 e. The molecule has 136 valence electrons. The summed E-state index contributed by atoms with van der Waals surface area (Å²) < 4.78 is 32.9. The lowest BCUT2D eigenvalue weighted by molar-refractivity contribution is 0.374. The Morgan fingerprint density at radius 1 is 0.962 bits per heavy atom. The molecule has 1 fully saturated rings. The van der Waals surface area contributed by atoms with Crippen molar-refractivity contribution < 1.29 is 12.8 Å². The van der Waals surface area contributed by atoms with Gasteiger partial charge in [-0.15, -0.1) is 0 Å². The quantitative estimate of drug-likeness (QED) is 0.657. The van der Waals surface area contributed by atoms with E-state index >= 15 is 0 Å². The van der Waals surface area contributed by atoms with Crippen LogP contribution in [0, 0.1) is 0 Å². The number of piperazine rings is 1. The fourth-order valence-electron chi connectivity index (χ4n) is 2.94. The summed E-state index contributed by atoms with van der Waals surface area (Å²) in [4.78, 5) is 6.43. The van der Waals surface area contributed by atoms with E-state index in [-0.39, 0.29) is 14.9 Å². The third-order valence-corrected chi connectivity index (χ3v) is 7.20. The normalized spacial score (nSPS) is 16.3. The second-order valence-corrected chi connectivity index (χ2v) is 8.60. The first-order valence-corrected chi connectivity index (χ1v) is 10.2. The Morgan fingerprint density at radius 2 is 1.69 bits per heavy atom. The average Bonchev–Trinajstić information content (AvgIpc) is 3.08. The molecule has 3 aromatic rings. The first kappa shape index (κ1) is 17.6. The standard InChI is InChI=1S/C17H15Cl2N3O3S/c18-12-4-3-7-15(16(12)19)26(23,24)22-10-8-21(9-11-22)17-20-13-5-1-2-6-14(13)25-17/h1-7H,8-11H2. The topological polar surface area (TPSA) is 66.7 Å². The Bertz CT molecular complexity index is 1030. The van der Waals surface area contributed by atoms with Crippen molar-refractivity contribution in [1.82, 2.24) is 9.29 Å². The van der Waals surface area contributed by atoms with Crippen molar-refractivity contribution in [3.8, 4) is 0 Å². The van der Waals surface area contributed by atoms with Gasteiger partial charge in [0.2, 0.25) is 10.0 Å². The second kappa shape index (κ2) is 6.74. The number of halogens is 2. The monoisotopic (exact) mass is 411 g/mol. The van der Waals surface area contributed by atoms with Crippen LogP contribution in [-0.2, 0) is 10.0 Å². The molecular formula is C17H15Cl2N3O3S. The summed E-state index contributed by atoms with van der Waals surface area (Å²) in [5.74, 6) is 0. The number of hydrogen-bond donors (Lipinski definition) is 0. The number of para-hydroxylation sites is 2. The van der Waals surface area contributed by atoms with Gasteiger partial charge >= 0.3 is 0 Å². The van der Waals surface area contributed by atoms with Crippen molar-refractivity contribution in [2.45, 2.75) is 4.90 Å². The van der Waals surface area contributed by atoms with Crippen LogP contribution in [-0.4, -0.2) is 43.9 Å². The van der Waals surface area contributed by atoms with Crippen LogP contribution in [0.1, 0.15) is 0 Å². The molecule has 0 aliphatic carbocycles. The van der Waals surface area contributed by atoms with Crippen LogP contribution < -0.4 is 4.90 Å². The summed E-state index contributed by atoms with van der Waals surface area (Å²) in [6, 6.07) is 12.6. The van der Waals surface area contributed by atoms with E-state index in [1.54, 1.807) is 12.1 Å². The third kappa shape index (κ3) is 3.05. The van der Waals surface area contributed by atoms with E-state index in [4.69, 9.17) is 27.6 Å². The molecule has 0 N–H and O–H groups in total. The highest BCUT2D eigenvalue weighted by atomic mass is 35.5. The smallest absolute Gasteiger partial charge is 0.298 e. The zero-order chi connectivity index (χ0) is 18.3. The summed E-state index contributed by atoms with van der Waals surface area (Å²) in [5.41, 5.74) is 1.49. The van der Waals surface area contributed by atoms with Crippen LogP contribution in [0.15, 0.2) is 51.8 Å². The van der Waals surface area contributed by atoms with E-state index in [2.05, 4.69) is 4.98 Å². The van der Waals surface area contributed by atoms with Gasteiger partial charge in [0.1, 0.15) is 10.4 Å². The van der Waals surface area contributed by atoms with Gasteiger partial charge in [-0.25, -0.2) is 8.42 Å². The lowest BCUT2D eigenvalue weighted by Crippen LogP contribution is -2.48. The van der Waals surface area contributed by atoms with Gasteiger partial charge in [0.15, 0.2) is 5.58 Å². The molecular weight excluding hydrogens is 397 g/mol. The lowest BCUT2D eigenvalue weighted by atomic mass is 10.3. The predicted octanol–water partition coefficient (Wildman–Crippen LogP) is 3.65. The Morgan fingerprint density at radius 3 is 2.42 bits per heavy atom. The van der Waals surface area contributed by atoms with Gasteiger partial charge in [-0.2, -0.15) is 9.29 Å². The van der Waals surface area contributed by atoms with E-state index in [0.717, 1.165) is 5.52 Å². The Kier molecular flexibility index (Phi) is 4.56. The second-order valence-electron chi connectivity index (χ2n) is 5.91. The highest BCUT2D eigenvalue weighted by molar-refractivity contribution is 7.89. The summed E-state index contributed by atoms with van der Waals surface area (Å²) in [6.07, 6.45) is 0. The molecule has 0 atom stereocenters. The van der Waals surface area contributed by atoms with E-state index in [1.807, 2.05) is 29.2 Å². The number of rotatable bonds is 3. The molecule has 0 spiro atoms. The van der Waals surface area contributed by atoms with Gasteiger partial charge in [-0.1, -0.05) is 41.4 Å². The van der Waals surface area contributed by atoms with E-state index in [9.17, 15) is 8.42 Å². The predicted molar refractivity (Wildman–Crippen MR) is 101 cm³/mol. The first-order chi connectivity index (χ1) is 12.5. The summed E-state index contributed by atoms with van der Waals surface area (Å²) in [7, 11) is -3.71. The van der Waals surface area contributed by atoms with Gasteiger partial charge in [-0.3, -0.25) is 0 Å². The average molecular weight is 412 g/mol. The highest BCUT2D eigenvalue weighted by Crippen LogP contribution is 2.31. The maximum Gasteiger partial charge on any atom is 0.298 e. The molecule has 26 heavy (non-hydrogen) atoms. The molecule has 1 saturated heterocycles. The van der Waals surface area contributed by atoms with Gasteiger partial charge < -0.3 is 9.32 Å². The van der Waals surface area contributed by atoms with Crippen molar-refractivity contribution in [3.05, 3.63) is 52.5 Å². The highest BCUT2D eigenvalue weighted by Gasteiger charge is 2.31. The Labute approximate surface area is 161 Å². The van der Waals surface area contributed by atoms with Gasteiger partial charge in [0.05, 0.1) is 10.0 Å². The molecule has 2 aromatic carbocycles. The molecule has 0 radical (unpaired) electrons. The van der Waals surface area contributed by atoms with Gasteiger partial charge in [0.25, 0.3) is 6.01 Å². The molecule has 9 heteroatoms. The van der Waals surface area contributed by atoms with Crippen LogP contribution >= 0.6 is 23.2 Å². The van der Waals surface area contributed by atoms with Crippen molar-refractivity contribution in [2.75, 3.05) is 31.1 Å². The molecule has 2 heterocycles. The SMILES string of the molecule is O=S(=O)(c1cccc(Cl)c1Cl)N1CCN(c2nc3ccccc3o2)CC1. The van der Waals surface area contributed by atoms with Crippen LogP contribution in [0.2, 0.25) is 10.0 Å². The maximum absolute atomic E-state index is 12.9. The number of hydrogen-bond acceptors (Lipinski definition) is 5. The molecule has 0 saturated carbocycles. The number of anilines is 1. The molecule has 0 amide bonds. The number of fused-ring (bicyclic) bond motifs is 1. The minimum absolute atomic E-state index is 0.0296. The zero-order valence-electron chi connectivity index (χ0n) is 13.6. The van der Waals surface area contributed by atoms with Crippen LogP contribution in [0.5, 0.6) is 0 Å². The molecule has 1 aliphatic heterocycles. The number of nitrogens with zero attached hydrogens (tertiary/aromatic N) is 3. The largest absolute Gasteiger partial charge is 0.423 e. The maximum atomic E-state index is 12.9. The van der Waals surface area contributed by atoms with E-state index < -0.39 is 10.0 Å². The fourth-order valence-corrected chi connectivity index (χ4v) is 5.10. The van der Waals surface area contributed by atoms with E-state index in [1.165, 1.54) is 10.4 Å². The lowest BCUT2D eigenvalue weighted by Gasteiger charge is -2.33. The van der Waals surface area contributed by atoms with Gasteiger partial charge in [-0.05, 0) is 24.3 Å². The van der Waals surface area contributed by atoms with Crippen molar-refractivity contribution in [1.29, 1.82) is 0 Å². The minimum atomic E-state index is -3.71. The van der Waals surface area contributed by atoms with E-state index in [0.29, 0.717) is 37.8 Å². The number of aromatic nitrogens is 1. The molecule has 6 nitrogen and oxygen atoms in total.